The third-order valence-corrected chi connectivity index (χ3v) is 1.89. The number of hydrogen-bond donors (Lipinski definition) is 2. The van der Waals surface area contributed by atoms with Crippen LogP contribution in [0.15, 0.2) is 22.7 Å². The summed E-state index contributed by atoms with van der Waals surface area (Å²) >= 11 is 0. The van der Waals surface area contributed by atoms with Gasteiger partial charge in [0, 0.05) is 6.07 Å². The van der Waals surface area contributed by atoms with Crippen molar-refractivity contribution in [2.24, 2.45) is 0 Å². The van der Waals surface area contributed by atoms with E-state index in [2.05, 4.69) is 14.7 Å². The van der Waals surface area contributed by atoms with Crippen LogP contribution in [0.1, 0.15) is 5.82 Å². The average molecular weight is 246 g/mol. The van der Waals surface area contributed by atoms with Gasteiger partial charge in [0.1, 0.15) is 11.5 Å². The van der Waals surface area contributed by atoms with Gasteiger partial charge in [-0.3, -0.25) is 0 Å². The molecule has 0 saturated carbocycles. The number of nitrogens with zero attached hydrogens (tertiary/aromatic N) is 2. The van der Waals surface area contributed by atoms with Crippen molar-refractivity contribution in [2.75, 3.05) is 0 Å². The van der Waals surface area contributed by atoms with Crippen LogP contribution >= 0.6 is 0 Å². The first-order chi connectivity index (χ1) is 7.88. The van der Waals surface area contributed by atoms with E-state index in [-0.39, 0.29) is 11.3 Å². The molecular formula is C9H5F3N2O3. The summed E-state index contributed by atoms with van der Waals surface area (Å²) < 4.78 is 41.0. The Balaban J connectivity index is 2.44. The molecule has 0 atom stereocenters. The third kappa shape index (κ3) is 2.14. The summed E-state index contributed by atoms with van der Waals surface area (Å²) in [6, 6.07) is 3.29. The highest BCUT2D eigenvalue weighted by molar-refractivity contribution is 5.63. The highest BCUT2D eigenvalue weighted by Gasteiger charge is 2.37. The van der Waals surface area contributed by atoms with Gasteiger partial charge in [-0.1, -0.05) is 5.16 Å². The molecule has 0 unspecified atom stereocenters. The monoisotopic (exact) mass is 246 g/mol. The number of alkyl halides is 3. The van der Waals surface area contributed by atoms with Gasteiger partial charge in [-0.25, -0.2) is 0 Å². The van der Waals surface area contributed by atoms with Crippen molar-refractivity contribution in [1.29, 1.82) is 0 Å². The Hall–Kier alpha value is -2.25. The molecular weight excluding hydrogens is 241 g/mol. The number of halogens is 3. The van der Waals surface area contributed by atoms with Crippen molar-refractivity contribution in [3.8, 4) is 23.0 Å². The summed E-state index contributed by atoms with van der Waals surface area (Å²) in [7, 11) is 0. The molecule has 1 aromatic heterocycles. The van der Waals surface area contributed by atoms with E-state index in [1.807, 2.05) is 0 Å². The summed E-state index contributed by atoms with van der Waals surface area (Å²) in [5, 5.41) is 21.1. The Bertz CT molecular complexity index is 551. The highest BCUT2D eigenvalue weighted by atomic mass is 19.4. The molecule has 0 radical (unpaired) electrons. The minimum absolute atomic E-state index is 0.0919. The third-order valence-electron chi connectivity index (χ3n) is 1.89. The normalized spacial score (nSPS) is 11.7. The van der Waals surface area contributed by atoms with Crippen LogP contribution in [0, 0.1) is 0 Å². The molecule has 17 heavy (non-hydrogen) atoms. The average Bonchev–Trinajstić information content (AvgIpc) is 2.65. The van der Waals surface area contributed by atoms with Crippen molar-refractivity contribution >= 4 is 0 Å². The molecule has 2 N–H and O–H groups in total. The molecule has 0 bridgehead atoms. The van der Waals surface area contributed by atoms with Crippen LogP contribution in [-0.2, 0) is 6.18 Å². The van der Waals surface area contributed by atoms with E-state index in [1.165, 1.54) is 12.1 Å². The van der Waals surface area contributed by atoms with Gasteiger partial charge in [-0.05, 0) is 12.1 Å². The SMILES string of the molecule is Oc1ccc(-c2nc(C(F)(F)F)no2)c(O)c1. The van der Waals surface area contributed by atoms with E-state index < -0.39 is 23.6 Å². The van der Waals surface area contributed by atoms with Crippen LogP contribution in [0.3, 0.4) is 0 Å². The molecule has 0 fully saturated rings. The van der Waals surface area contributed by atoms with Crippen LogP contribution in [0.2, 0.25) is 0 Å². The second-order valence-electron chi connectivity index (χ2n) is 3.12. The fraction of sp³-hybridized carbons (Fsp3) is 0.111. The highest BCUT2D eigenvalue weighted by Crippen LogP contribution is 2.33. The van der Waals surface area contributed by atoms with E-state index in [4.69, 9.17) is 5.11 Å². The molecule has 5 nitrogen and oxygen atoms in total. The molecule has 0 saturated heterocycles. The Morgan fingerprint density at radius 3 is 2.41 bits per heavy atom. The number of phenolic OH excluding ortho intramolecular Hbond substituents is 2. The molecule has 0 spiro atoms. The number of hydrogen-bond acceptors (Lipinski definition) is 5. The lowest BCUT2D eigenvalue weighted by Crippen LogP contribution is -2.07. The number of aromatic hydroxyl groups is 2. The Morgan fingerprint density at radius 2 is 1.88 bits per heavy atom. The summed E-state index contributed by atoms with van der Waals surface area (Å²) in [5.74, 6) is -2.60. The fourth-order valence-corrected chi connectivity index (χ4v) is 1.15. The summed E-state index contributed by atoms with van der Waals surface area (Å²) in [5.41, 5.74) is -0.0919. The van der Waals surface area contributed by atoms with Crippen molar-refractivity contribution in [1.82, 2.24) is 10.1 Å². The largest absolute Gasteiger partial charge is 0.508 e. The van der Waals surface area contributed by atoms with Crippen LogP contribution in [0.25, 0.3) is 11.5 Å². The quantitative estimate of drug-likeness (QED) is 0.806. The Labute approximate surface area is 92.1 Å². The van der Waals surface area contributed by atoms with E-state index >= 15 is 0 Å². The zero-order valence-electron chi connectivity index (χ0n) is 8.06. The molecule has 1 heterocycles. The zero-order chi connectivity index (χ0) is 12.6. The maximum absolute atomic E-state index is 12.2. The Morgan fingerprint density at radius 1 is 1.18 bits per heavy atom. The lowest BCUT2D eigenvalue weighted by atomic mass is 10.2. The molecule has 2 rings (SSSR count). The van der Waals surface area contributed by atoms with E-state index in [0.29, 0.717) is 0 Å². The topological polar surface area (TPSA) is 79.4 Å². The van der Waals surface area contributed by atoms with Crippen molar-refractivity contribution < 1.29 is 27.9 Å². The van der Waals surface area contributed by atoms with Gasteiger partial charge in [0.2, 0.25) is 0 Å². The number of aromatic nitrogens is 2. The summed E-state index contributed by atoms with van der Waals surface area (Å²) in [6.07, 6.45) is -4.71. The van der Waals surface area contributed by atoms with Crippen molar-refractivity contribution in [3.63, 3.8) is 0 Å². The molecule has 0 amide bonds. The van der Waals surface area contributed by atoms with Crippen molar-refractivity contribution in [3.05, 3.63) is 24.0 Å². The number of rotatable bonds is 1. The fourth-order valence-electron chi connectivity index (χ4n) is 1.15. The van der Waals surface area contributed by atoms with Gasteiger partial charge in [-0.2, -0.15) is 18.2 Å². The first-order valence-electron chi connectivity index (χ1n) is 4.31. The van der Waals surface area contributed by atoms with Gasteiger partial charge in [0.05, 0.1) is 5.56 Å². The minimum Gasteiger partial charge on any atom is -0.508 e. The maximum Gasteiger partial charge on any atom is 0.455 e. The predicted molar refractivity (Wildman–Crippen MR) is 48.1 cm³/mol. The minimum atomic E-state index is -4.71. The lowest BCUT2D eigenvalue weighted by Gasteiger charge is -1.99. The molecule has 1 aromatic carbocycles. The van der Waals surface area contributed by atoms with E-state index in [0.717, 1.165) is 6.07 Å². The summed E-state index contributed by atoms with van der Waals surface area (Å²) in [4.78, 5) is 3.10. The standard InChI is InChI=1S/C9H5F3N2O3/c10-9(11,12)8-13-7(17-14-8)5-2-1-4(15)3-6(5)16/h1-3,15-16H. The van der Waals surface area contributed by atoms with Crippen LogP contribution in [-0.4, -0.2) is 20.4 Å². The number of benzene rings is 1. The van der Waals surface area contributed by atoms with Gasteiger partial charge in [0.25, 0.3) is 11.7 Å². The van der Waals surface area contributed by atoms with Crippen LogP contribution in [0.5, 0.6) is 11.5 Å². The van der Waals surface area contributed by atoms with Gasteiger partial charge in [0.15, 0.2) is 0 Å². The molecule has 0 aliphatic rings. The number of phenols is 2. The second-order valence-corrected chi connectivity index (χ2v) is 3.12. The van der Waals surface area contributed by atoms with Crippen molar-refractivity contribution in [2.45, 2.75) is 6.18 Å². The molecule has 90 valence electrons. The van der Waals surface area contributed by atoms with Gasteiger partial charge < -0.3 is 14.7 Å². The summed E-state index contributed by atoms with van der Waals surface area (Å²) in [6.45, 7) is 0. The molecule has 0 aliphatic carbocycles. The molecule has 0 aliphatic heterocycles. The first kappa shape index (κ1) is 11.2. The van der Waals surface area contributed by atoms with Gasteiger partial charge in [-0.15, -0.1) is 0 Å². The smallest absolute Gasteiger partial charge is 0.455 e. The second kappa shape index (κ2) is 3.65. The van der Waals surface area contributed by atoms with E-state index in [9.17, 15) is 18.3 Å². The first-order valence-corrected chi connectivity index (χ1v) is 4.31. The van der Waals surface area contributed by atoms with Crippen LogP contribution in [0.4, 0.5) is 13.2 Å². The predicted octanol–water partition coefficient (Wildman–Crippen LogP) is 2.17. The zero-order valence-corrected chi connectivity index (χ0v) is 8.06. The van der Waals surface area contributed by atoms with E-state index in [1.54, 1.807) is 0 Å². The maximum atomic E-state index is 12.2. The molecule has 2 aromatic rings. The lowest BCUT2D eigenvalue weighted by molar-refractivity contribution is -0.146. The van der Waals surface area contributed by atoms with Crippen LogP contribution < -0.4 is 0 Å². The Kier molecular flexibility index (Phi) is 2.41. The molecule has 8 heteroatoms. The van der Waals surface area contributed by atoms with Gasteiger partial charge >= 0.3 is 6.18 Å².